The van der Waals surface area contributed by atoms with Crippen LogP contribution in [0.3, 0.4) is 0 Å². The van der Waals surface area contributed by atoms with Crippen molar-refractivity contribution in [3.05, 3.63) is 59.8 Å². The van der Waals surface area contributed by atoms with Crippen LogP contribution in [-0.4, -0.2) is 78.7 Å². The molecule has 1 saturated heterocycles. The highest BCUT2D eigenvalue weighted by Gasteiger charge is 2.42. The van der Waals surface area contributed by atoms with Crippen LogP contribution >= 0.6 is 0 Å². The first kappa shape index (κ1) is 30.2. The molecule has 2 aliphatic carbocycles. The zero-order valence-corrected chi connectivity index (χ0v) is 26.5. The van der Waals surface area contributed by atoms with Crippen LogP contribution < -0.4 is 4.72 Å². The Bertz CT molecular complexity index is 1580. The number of aromatic nitrogens is 2. The summed E-state index contributed by atoms with van der Waals surface area (Å²) in [6.45, 7) is 7.26. The second-order valence-electron chi connectivity index (χ2n) is 13.5. The third-order valence-electron chi connectivity index (χ3n) is 10.2. The number of carbonyl (C=O) groups excluding carboxylic acids is 1. The number of benzene rings is 1. The van der Waals surface area contributed by atoms with Crippen LogP contribution in [0.15, 0.2) is 42.9 Å². The topological polar surface area (TPSA) is 87.5 Å². The van der Waals surface area contributed by atoms with Crippen molar-refractivity contribution in [1.82, 2.24) is 24.1 Å². The van der Waals surface area contributed by atoms with Crippen molar-refractivity contribution in [1.29, 1.82) is 0 Å². The Morgan fingerprint density at radius 2 is 1.81 bits per heavy atom. The normalized spacial score (nSPS) is 26.3. The average Bonchev–Trinajstić information content (AvgIpc) is 3.64. The van der Waals surface area contributed by atoms with E-state index in [4.69, 9.17) is 0 Å². The van der Waals surface area contributed by atoms with Gasteiger partial charge in [0.05, 0.1) is 29.2 Å². The van der Waals surface area contributed by atoms with E-state index in [1.165, 1.54) is 24.0 Å². The lowest BCUT2D eigenvalue weighted by atomic mass is 9.86. The summed E-state index contributed by atoms with van der Waals surface area (Å²) in [6, 6.07) is 6.63. The first-order valence-corrected chi connectivity index (χ1v) is 17.6. The summed E-state index contributed by atoms with van der Waals surface area (Å²) in [5.41, 5.74) is 3.25. The second kappa shape index (κ2) is 11.9. The lowest BCUT2D eigenvalue weighted by Crippen LogP contribution is -2.39. The molecule has 10 heteroatoms. The minimum Gasteiger partial charge on any atom is -0.339 e. The van der Waals surface area contributed by atoms with Gasteiger partial charge in [0.25, 0.3) is 5.91 Å². The average molecular weight is 610 g/mol. The number of amides is 1. The summed E-state index contributed by atoms with van der Waals surface area (Å²) in [5, 5.41) is 1.15. The van der Waals surface area contributed by atoms with Crippen LogP contribution in [0.4, 0.5) is 4.39 Å². The zero-order valence-electron chi connectivity index (χ0n) is 25.7. The van der Waals surface area contributed by atoms with Gasteiger partial charge in [0.15, 0.2) is 0 Å². The molecule has 43 heavy (non-hydrogen) atoms. The molecule has 3 fully saturated rings. The van der Waals surface area contributed by atoms with Crippen molar-refractivity contribution in [2.75, 3.05) is 32.9 Å². The van der Waals surface area contributed by atoms with Crippen molar-refractivity contribution in [3.8, 4) is 5.69 Å². The van der Waals surface area contributed by atoms with Crippen LogP contribution in [0.5, 0.6) is 0 Å². The maximum Gasteiger partial charge on any atom is 0.256 e. The van der Waals surface area contributed by atoms with E-state index in [2.05, 4.69) is 26.9 Å². The Kier molecular flexibility index (Phi) is 8.39. The molecule has 2 unspecified atom stereocenters. The molecule has 0 radical (unpaired) electrons. The number of likely N-dealkylation sites (tertiary alicyclic amines) is 1. The van der Waals surface area contributed by atoms with Crippen molar-refractivity contribution in [3.63, 3.8) is 0 Å². The smallest absolute Gasteiger partial charge is 0.256 e. The minimum absolute atomic E-state index is 0.00775. The second-order valence-corrected chi connectivity index (χ2v) is 15.3. The SMILES string of the molecule is CC(C)N(C)C(=O)c1cc(F)ccc1-n1cc(C2CC3CN(CC4CCC(NS(C)(=O)=O)CC4)CC3C2)c2ccncc21. The van der Waals surface area contributed by atoms with Gasteiger partial charge >= 0.3 is 0 Å². The van der Waals surface area contributed by atoms with Crippen LogP contribution in [0.2, 0.25) is 0 Å². The number of rotatable bonds is 8. The summed E-state index contributed by atoms with van der Waals surface area (Å²) in [6.07, 6.45) is 13.4. The summed E-state index contributed by atoms with van der Waals surface area (Å²) in [5.74, 6) is 1.77. The number of halogens is 1. The van der Waals surface area contributed by atoms with Gasteiger partial charge in [-0.1, -0.05) is 0 Å². The first-order valence-electron chi connectivity index (χ1n) is 15.7. The van der Waals surface area contributed by atoms with Gasteiger partial charge in [0.1, 0.15) is 5.82 Å². The number of hydrogen-bond acceptors (Lipinski definition) is 5. The van der Waals surface area contributed by atoms with Gasteiger partial charge < -0.3 is 14.4 Å². The highest BCUT2D eigenvalue weighted by Crippen LogP contribution is 2.48. The number of hydrogen-bond donors (Lipinski definition) is 1. The maximum absolute atomic E-state index is 14.4. The molecular weight excluding hydrogens is 565 g/mol. The van der Waals surface area contributed by atoms with E-state index in [9.17, 15) is 17.6 Å². The molecule has 1 aliphatic heterocycles. The minimum atomic E-state index is -3.14. The molecule has 2 atom stereocenters. The number of nitrogens with one attached hydrogen (secondary N) is 1. The molecule has 2 saturated carbocycles. The Hall–Kier alpha value is -2.82. The van der Waals surface area contributed by atoms with Crippen LogP contribution in [0.1, 0.15) is 74.2 Å². The molecule has 0 spiro atoms. The number of carbonyl (C=O) groups is 1. The molecule has 232 valence electrons. The zero-order chi connectivity index (χ0) is 30.5. The van der Waals surface area contributed by atoms with Crippen LogP contribution in [-0.2, 0) is 10.0 Å². The van der Waals surface area contributed by atoms with Gasteiger partial charge in [-0.25, -0.2) is 17.5 Å². The van der Waals surface area contributed by atoms with E-state index in [1.54, 1.807) is 18.0 Å². The van der Waals surface area contributed by atoms with Crippen LogP contribution in [0.25, 0.3) is 16.6 Å². The third kappa shape index (κ3) is 6.37. The number of nitrogens with zero attached hydrogens (tertiary/aromatic N) is 4. The standard InChI is InChI=1S/C33H44FN5O3S/c1-21(2)37(3)33(40)29-15-26(34)7-10-31(29)39-20-30(28-11-12-35-16-32(28)39)23-13-24-18-38(19-25(24)14-23)17-22-5-8-27(9-6-22)36-43(4,41)42/h7,10-12,15-16,20-25,27,36H,5-6,8-9,13-14,17-19H2,1-4H3. The van der Waals surface area contributed by atoms with Crippen molar-refractivity contribution in [2.24, 2.45) is 17.8 Å². The molecule has 1 amide bonds. The Labute approximate surface area is 254 Å². The predicted octanol–water partition coefficient (Wildman–Crippen LogP) is 5.18. The van der Waals surface area contributed by atoms with Crippen LogP contribution in [0, 0.1) is 23.6 Å². The highest BCUT2D eigenvalue weighted by atomic mass is 32.2. The Morgan fingerprint density at radius 1 is 1.12 bits per heavy atom. The van der Waals surface area contributed by atoms with Gasteiger partial charge in [0, 0.05) is 56.5 Å². The summed E-state index contributed by atoms with van der Waals surface area (Å²) in [7, 11) is -1.39. The highest BCUT2D eigenvalue weighted by molar-refractivity contribution is 7.88. The fourth-order valence-corrected chi connectivity index (χ4v) is 8.71. The monoisotopic (exact) mass is 609 g/mol. The molecular formula is C33H44FN5O3S. The fraction of sp³-hybridized carbons (Fsp3) is 0.576. The van der Waals surface area contributed by atoms with E-state index in [0.717, 1.165) is 69.1 Å². The fourth-order valence-electron chi connectivity index (χ4n) is 7.87. The molecule has 3 aromatic rings. The van der Waals surface area contributed by atoms with Gasteiger partial charge in [-0.3, -0.25) is 9.78 Å². The van der Waals surface area contributed by atoms with E-state index >= 15 is 0 Å². The lowest BCUT2D eigenvalue weighted by molar-refractivity contribution is 0.0754. The molecule has 3 aliphatic rings. The first-order chi connectivity index (χ1) is 20.5. The maximum atomic E-state index is 14.4. The molecule has 2 aromatic heterocycles. The quantitative estimate of drug-likeness (QED) is 0.381. The number of pyridine rings is 1. The summed E-state index contributed by atoms with van der Waals surface area (Å²) >= 11 is 0. The number of fused-ring (bicyclic) bond motifs is 2. The van der Waals surface area contributed by atoms with Gasteiger partial charge in [-0.2, -0.15) is 0 Å². The summed E-state index contributed by atoms with van der Waals surface area (Å²) in [4.78, 5) is 22.1. The predicted molar refractivity (Wildman–Crippen MR) is 167 cm³/mol. The molecule has 3 heterocycles. The van der Waals surface area contributed by atoms with Gasteiger partial charge in [-0.15, -0.1) is 0 Å². The van der Waals surface area contributed by atoms with E-state index < -0.39 is 15.8 Å². The van der Waals surface area contributed by atoms with Crippen molar-refractivity contribution < 1.29 is 17.6 Å². The molecule has 1 aromatic carbocycles. The molecule has 8 nitrogen and oxygen atoms in total. The third-order valence-corrected chi connectivity index (χ3v) is 11.0. The lowest BCUT2D eigenvalue weighted by Gasteiger charge is -2.31. The van der Waals surface area contributed by atoms with Crippen molar-refractivity contribution in [2.45, 2.75) is 70.4 Å². The van der Waals surface area contributed by atoms with Gasteiger partial charge in [-0.05, 0) is 106 Å². The molecule has 1 N–H and O–H groups in total. The largest absolute Gasteiger partial charge is 0.339 e. The molecule has 0 bridgehead atoms. The molecule has 6 rings (SSSR count). The van der Waals surface area contributed by atoms with Crippen molar-refractivity contribution >= 4 is 26.8 Å². The number of sulfonamides is 1. The van der Waals surface area contributed by atoms with Gasteiger partial charge in [0.2, 0.25) is 10.0 Å². The van der Waals surface area contributed by atoms with E-state index in [0.29, 0.717) is 34.9 Å². The Balaban J connectivity index is 1.17. The summed E-state index contributed by atoms with van der Waals surface area (Å²) < 4.78 is 42.4. The Morgan fingerprint density at radius 3 is 2.47 bits per heavy atom. The van der Waals surface area contributed by atoms with E-state index in [1.807, 2.05) is 30.8 Å². The van der Waals surface area contributed by atoms with E-state index in [-0.39, 0.29) is 18.0 Å².